The second kappa shape index (κ2) is 9.26. The molecule has 0 amide bonds. The maximum Gasteiger partial charge on any atom is 0.168 e. The van der Waals surface area contributed by atoms with Crippen molar-refractivity contribution in [1.29, 1.82) is 5.26 Å². The number of hydrogen-bond acceptors (Lipinski definition) is 3. The number of hydrogen-bond donors (Lipinski definition) is 0. The lowest BCUT2D eigenvalue weighted by molar-refractivity contribution is 0.591. The Morgan fingerprint density at radius 2 is 1.63 bits per heavy atom. The van der Waals surface area contributed by atoms with Gasteiger partial charge in [-0.25, -0.2) is 0 Å². The summed E-state index contributed by atoms with van der Waals surface area (Å²) in [5.74, 6) is 1.79. The molecule has 0 saturated heterocycles. The molecule has 0 unspecified atom stereocenters. The number of rotatable bonds is 1. The van der Waals surface area contributed by atoms with Crippen molar-refractivity contribution in [3.05, 3.63) is 64.0 Å². The van der Waals surface area contributed by atoms with Crippen LogP contribution in [-0.2, 0) is 11.8 Å². The fraction of sp³-hybridized carbons (Fsp3) is 0.423. The fourth-order valence-corrected chi connectivity index (χ4v) is 3.97. The molecule has 158 valence electrons. The minimum absolute atomic E-state index is 0.0561. The van der Waals surface area contributed by atoms with Crippen LogP contribution in [0.25, 0.3) is 17.1 Å². The van der Waals surface area contributed by atoms with Gasteiger partial charge in [-0.2, -0.15) is 5.26 Å². The number of nitrogens with zero attached hydrogens (tertiary/aromatic N) is 4. The Balaban J connectivity index is 0.000000757. The lowest BCUT2D eigenvalue weighted by Gasteiger charge is -2.23. The molecular formula is C26H34N4. The molecule has 0 bridgehead atoms. The van der Waals surface area contributed by atoms with Crippen LogP contribution in [0.3, 0.4) is 0 Å². The first-order chi connectivity index (χ1) is 14.3. The molecule has 0 N–H and O–H groups in total. The minimum Gasteiger partial charge on any atom is -0.278 e. The first kappa shape index (κ1) is 23.3. The van der Waals surface area contributed by atoms with Crippen molar-refractivity contribution in [2.24, 2.45) is 0 Å². The van der Waals surface area contributed by atoms with Crippen molar-refractivity contribution >= 4 is 0 Å². The Bertz CT molecular complexity index is 1080. The molecule has 1 aliphatic heterocycles. The maximum absolute atomic E-state index is 9.39. The van der Waals surface area contributed by atoms with Gasteiger partial charge in [0.2, 0.25) is 0 Å². The second-order valence-electron chi connectivity index (χ2n) is 8.16. The predicted octanol–water partition coefficient (Wildman–Crippen LogP) is 6.68. The van der Waals surface area contributed by atoms with Gasteiger partial charge in [0.05, 0.1) is 17.3 Å². The zero-order valence-corrected chi connectivity index (χ0v) is 19.9. The molecule has 1 aliphatic rings. The highest BCUT2D eigenvalue weighted by Gasteiger charge is 2.29. The summed E-state index contributed by atoms with van der Waals surface area (Å²) in [7, 11) is 0. The molecule has 4 heteroatoms. The van der Waals surface area contributed by atoms with E-state index in [1.807, 2.05) is 45.9 Å². The summed E-state index contributed by atoms with van der Waals surface area (Å²) >= 11 is 0. The van der Waals surface area contributed by atoms with E-state index in [-0.39, 0.29) is 5.41 Å². The maximum atomic E-state index is 9.39. The Labute approximate surface area is 181 Å². The molecule has 2 heterocycles. The van der Waals surface area contributed by atoms with Gasteiger partial charge >= 0.3 is 0 Å². The molecule has 0 saturated carbocycles. The van der Waals surface area contributed by atoms with Crippen LogP contribution in [0, 0.1) is 25.2 Å². The average molecular weight is 403 g/mol. The molecule has 1 aromatic heterocycles. The van der Waals surface area contributed by atoms with Gasteiger partial charge in [-0.05, 0) is 48.1 Å². The van der Waals surface area contributed by atoms with Crippen LogP contribution in [-0.4, -0.2) is 14.8 Å². The van der Waals surface area contributed by atoms with Crippen LogP contribution in [0.5, 0.6) is 0 Å². The molecule has 0 aliphatic carbocycles. The van der Waals surface area contributed by atoms with Crippen LogP contribution >= 0.6 is 0 Å². The average Bonchev–Trinajstić information content (AvgIpc) is 3.28. The first-order valence-corrected chi connectivity index (χ1v) is 10.9. The van der Waals surface area contributed by atoms with E-state index in [9.17, 15) is 5.26 Å². The van der Waals surface area contributed by atoms with Gasteiger partial charge in [0.1, 0.15) is 5.82 Å². The summed E-state index contributed by atoms with van der Waals surface area (Å²) in [5.41, 5.74) is 7.73. The van der Waals surface area contributed by atoms with Crippen LogP contribution < -0.4 is 0 Å². The van der Waals surface area contributed by atoms with Gasteiger partial charge < -0.3 is 0 Å². The fourth-order valence-electron chi connectivity index (χ4n) is 3.97. The predicted molar refractivity (Wildman–Crippen MR) is 125 cm³/mol. The molecule has 0 radical (unpaired) electrons. The molecule has 0 fully saturated rings. The monoisotopic (exact) mass is 402 g/mol. The lowest BCUT2D eigenvalue weighted by Crippen LogP contribution is -2.14. The van der Waals surface area contributed by atoms with Gasteiger partial charge in [0.15, 0.2) is 5.82 Å². The van der Waals surface area contributed by atoms with E-state index >= 15 is 0 Å². The van der Waals surface area contributed by atoms with Gasteiger partial charge in [-0.1, -0.05) is 72.2 Å². The van der Waals surface area contributed by atoms with E-state index < -0.39 is 0 Å². The van der Waals surface area contributed by atoms with Crippen molar-refractivity contribution in [2.75, 3.05) is 0 Å². The van der Waals surface area contributed by atoms with Crippen molar-refractivity contribution in [2.45, 2.75) is 74.1 Å². The zero-order chi connectivity index (χ0) is 22.6. The second-order valence-corrected chi connectivity index (χ2v) is 8.16. The van der Waals surface area contributed by atoms with Gasteiger partial charge in [-0.3, -0.25) is 4.57 Å². The van der Waals surface area contributed by atoms with Gasteiger partial charge in [0.25, 0.3) is 0 Å². The molecule has 0 spiro atoms. The summed E-state index contributed by atoms with van der Waals surface area (Å²) in [6.07, 6.45) is 0.799. The zero-order valence-electron chi connectivity index (χ0n) is 19.9. The van der Waals surface area contributed by atoms with Crippen molar-refractivity contribution in [3.8, 4) is 23.1 Å². The largest absolute Gasteiger partial charge is 0.278 e. The summed E-state index contributed by atoms with van der Waals surface area (Å²) in [5, 5.41) is 18.4. The Morgan fingerprint density at radius 3 is 2.23 bits per heavy atom. The number of aryl methyl sites for hydroxylation is 2. The minimum atomic E-state index is -0.0561. The Morgan fingerprint density at radius 1 is 0.967 bits per heavy atom. The molecule has 30 heavy (non-hydrogen) atoms. The van der Waals surface area contributed by atoms with Gasteiger partial charge in [0, 0.05) is 12.0 Å². The van der Waals surface area contributed by atoms with E-state index in [0.29, 0.717) is 5.56 Å². The number of benzene rings is 2. The highest BCUT2D eigenvalue weighted by molar-refractivity contribution is 5.69. The first-order valence-electron chi connectivity index (χ1n) is 10.9. The van der Waals surface area contributed by atoms with E-state index in [1.54, 1.807) is 0 Å². The van der Waals surface area contributed by atoms with E-state index in [1.165, 1.54) is 27.9 Å². The molecule has 0 atom stereocenters. The highest BCUT2D eigenvalue weighted by atomic mass is 15.3. The van der Waals surface area contributed by atoms with Crippen LogP contribution in [0.1, 0.15) is 82.1 Å². The molecular weight excluding hydrogens is 368 g/mol. The van der Waals surface area contributed by atoms with Crippen LogP contribution in [0.15, 0.2) is 30.3 Å². The van der Waals surface area contributed by atoms with Crippen molar-refractivity contribution in [1.82, 2.24) is 14.8 Å². The van der Waals surface area contributed by atoms with Gasteiger partial charge in [-0.15, -0.1) is 10.2 Å². The lowest BCUT2D eigenvalue weighted by atomic mass is 9.83. The summed E-state index contributed by atoms with van der Waals surface area (Å²) in [4.78, 5) is 0. The Hall–Kier alpha value is -2.93. The summed E-state index contributed by atoms with van der Waals surface area (Å²) in [6.45, 7) is 18.8. The Kier molecular flexibility index (Phi) is 7.21. The molecule has 4 rings (SSSR count). The smallest absolute Gasteiger partial charge is 0.168 e. The van der Waals surface area contributed by atoms with Crippen LogP contribution in [0.2, 0.25) is 0 Å². The third-order valence-corrected chi connectivity index (χ3v) is 5.02. The van der Waals surface area contributed by atoms with E-state index in [0.717, 1.165) is 23.6 Å². The number of aromatic nitrogens is 3. The van der Waals surface area contributed by atoms with Crippen LogP contribution in [0.4, 0.5) is 0 Å². The van der Waals surface area contributed by atoms with E-state index in [4.69, 9.17) is 0 Å². The standard InChI is InChI=1S/C22H22N4.2C2H6/c1-13-8-14(2)20-16(9-13)11-19-24-25-21(26(19)20)17-10-15(12-23)6-7-18(17)22(3,4)5;2*1-2/h6-10H,11H2,1-5H3;2*1-2H3. The molecule has 2 aromatic carbocycles. The topological polar surface area (TPSA) is 54.5 Å². The molecule has 4 nitrogen and oxygen atoms in total. The normalized spacial score (nSPS) is 11.3. The quantitative estimate of drug-likeness (QED) is 0.357. The summed E-state index contributed by atoms with van der Waals surface area (Å²) in [6, 6.07) is 12.6. The summed E-state index contributed by atoms with van der Waals surface area (Å²) < 4.78 is 2.18. The van der Waals surface area contributed by atoms with E-state index in [2.05, 4.69) is 67.6 Å². The third-order valence-electron chi connectivity index (χ3n) is 5.02. The highest BCUT2D eigenvalue weighted by Crippen LogP contribution is 2.38. The van der Waals surface area contributed by atoms with Crippen molar-refractivity contribution in [3.63, 3.8) is 0 Å². The number of fused-ring (bicyclic) bond motifs is 3. The SMILES string of the molecule is CC.CC.Cc1cc(C)c2c(c1)Cc1nnc(-c3cc(C#N)ccc3C(C)(C)C)n1-2. The molecule has 3 aromatic rings. The number of nitriles is 1. The third kappa shape index (κ3) is 4.16. The van der Waals surface area contributed by atoms with Crippen molar-refractivity contribution < 1.29 is 0 Å².